The summed E-state index contributed by atoms with van der Waals surface area (Å²) in [5.74, 6) is 1.00. The van der Waals surface area contributed by atoms with Crippen molar-refractivity contribution in [3.05, 3.63) is 58.8 Å². The largest absolute Gasteiger partial charge is 0.357 e. The van der Waals surface area contributed by atoms with Crippen LogP contribution in [0.2, 0.25) is 0 Å². The minimum absolute atomic E-state index is 0.0703. The molecule has 3 aromatic rings. The van der Waals surface area contributed by atoms with Crippen molar-refractivity contribution in [3.63, 3.8) is 0 Å². The lowest BCUT2D eigenvalue weighted by atomic mass is 9.86. The second kappa shape index (κ2) is 5.94. The first-order chi connectivity index (χ1) is 12.7. The molecule has 1 atom stereocenters. The number of nitrogens with zero attached hydrogens (tertiary/aromatic N) is 3. The minimum Gasteiger partial charge on any atom is -0.357 e. The van der Waals surface area contributed by atoms with Crippen LogP contribution < -0.4 is 0 Å². The highest BCUT2D eigenvalue weighted by molar-refractivity contribution is 5.90. The fourth-order valence-electron chi connectivity index (χ4n) is 4.40. The van der Waals surface area contributed by atoms with Gasteiger partial charge in [0.25, 0.3) is 0 Å². The molecule has 3 heterocycles. The highest BCUT2D eigenvalue weighted by atomic mass is 16.2. The second-order valence-electron chi connectivity index (χ2n) is 7.31. The van der Waals surface area contributed by atoms with Gasteiger partial charge in [0.1, 0.15) is 5.82 Å². The van der Waals surface area contributed by atoms with E-state index in [4.69, 9.17) is 0 Å². The van der Waals surface area contributed by atoms with Crippen LogP contribution in [0.1, 0.15) is 54.0 Å². The molecule has 0 bridgehead atoms. The number of nitrogens with one attached hydrogen (secondary N) is 1. The van der Waals surface area contributed by atoms with Crippen molar-refractivity contribution < 1.29 is 4.79 Å². The zero-order valence-corrected chi connectivity index (χ0v) is 15.0. The van der Waals surface area contributed by atoms with Crippen LogP contribution in [0.4, 0.5) is 0 Å². The Kier molecular flexibility index (Phi) is 3.55. The van der Waals surface area contributed by atoms with Crippen LogP contribution in [0.3, 0.4) is 0 Å². The van der Waals surface area contributed by atoms with E-state index < -0.39 is 0 Å². The zero-order chi connectivity index (χ0) is 17.7. The molecule has 2 aliphatic rings. The lowest BCUT2D eigenvalue weighted by Gasteiger charge is -2.26. The van der Waals surface area contributed by atoms with E-state index in [1.807, 2.05) is 17.2 Å². The summed E-state index contributed by atoms with van der Waals surface area (Å²) in [5, 5.41) is 1.27. The molecule has 1 amide bonds. The Hall–Kier alpha value is -2.69. The first kappa shape index (κ1) is 15.6. The van der Waals surface area contributed by atoms with E-state index in [-0.39, 0.29) is 11.8 Å². The fraction of sp³-hybridized carbons (Fsp3) is 0.381. The van der Waals surface area contributed by atoms with Crippen molar-refractivity contribution in [3.8, 4) is 0 Å². The monoisotopic (exact) mass is 346 g/mol. The van der Waals surface area contributed by atoms with Crippen molar-refractivity contribution >= 4 is 16.8 Å². The lowest BCUT2D eigenvalue weighted by Crippen LogP contribution is -2.32. The summed E-state index contributed by atoms with van der Waals surface area (Å²) < 4.78 is 0. The molecule has 5 rings (SSSR count). The molecule has 132 valence electrons. The number of fused-ring (bicyclic) bond motifs is 4. The Bertz CT molecular complexity index is 1010. The Labute approximate surface area is 152 Å². The number of hydrogen-bond acceptors (Lipinski definition) is 3. The number of H-pyrrole nitrogens is 1. The maximum atomic E-state index is 13.3. The molecule has 0 radical (unpaired) electrons. The summed E-state index contributed by atoms with van der Waals surface area (Å²) >= 11 is 0. The van der Waals surface area contributed by atoms with Gasteiger partial charge >= 0.3 is 0 Å². The average molecular weight is 346 g/mol. The summed E-state index contributed by atoms with van der Waals surface area (Å²) in [6, 6.07) is 8.37. The predicted octanol–water partition coefficient (Wildman–Crippen LogP) is 3.48. The number of carbonyl (C=O) groups excluding carboxylic acids is 1. The van der Waals surface area contributed by atoms with Gasteiger partial charge in [-0.1, -0.05) is 25.1 Å². The lowest BCUT2D eigenvalue weighted by molar-refractivity contribution is -0.133. The molecule has 1 aromatic carbocycles. The molecule has 5 heteroatoms. The number of hydrogen-bond donors (Lipinski definition) is 1. The molecule has 0 unspecified atom stereocenters. The number of carbonyl (C=O) groups is 1. The van der Waals surface area contributed by atoms with Gasteiger partial charge in [0.2, 0.25) is 5.91 Å². The van der Waals surface area contributed by atoms with E-state index in [0.29, 0.717) is 13.1 Å². The van der Waals surface area contributed by atoms with Crippen LogP contribution in [0.25, 0.3) is 10.9 Å². The Morgan fingerprint density at radius 1 is 1.31 bits per heavy atom. The number of rotatable bonds is 2. The number of aromatic nitrogens is 3. The van der Waals surface area contributed by atoms with Gasteiger partial charge in [-0.2, -0.15) is 0 Å². The van der Waals surface area contributed by atoms with Gasteiger partial charge in [0.05, 0.1) is 18.2 Å². The third-order valence-corrected chi connectivity index (χ3v) is 5.75. The first-order valence-electron chi connectivity index (χ1n) is 9.46. The maximum absolute atomic E-state index is 13.3. The molecule has 0 fully saturated rings. The highest BCUT2D eigenvalue weighted by Gasteiger charge is 2.35. The molecule has 1 aliphatic heterocycles. The number of para-hydroxylation sites is 1. The van der Waals surface area contributed by atoms with E-state index in [1.165, 1.54) is 10.9 Å². The Balaban J connectivity index is 1.46. The van der Waals surface area contributed by atoms with Gasteiger partial charge in [-0.15, -0.1) is 0 Å². The van der Waals surface area contributed by atoms with Gasteiger partial charge in [-0.25, -0.2) is 9.97 Å². The second-order valence-corrected chi connectivity index (χ2v) is 7.31. The minimum atomic E-state index is -0.0703. The van der Waals surface area contributed by atoms with Gasteiger partial charge < -0.3 is 9.88 Å². The van der Waals surface area contributed by atoms with E-state index in [0.717, 1.165) is 54.0 Å². The summed E-state index contributed by atoms with van der Waals surface area (Å²) in [6.45, 7) is 3.29. The van der Waals surface area contributed by atoms with Crippen molar-refractivity contribution in [1.29, 1.82) is 0 Å². The average Bonchev–Trinajstić information content (AvgIpc) is 3.27. The Morgan fingerprint density at radius 3 is 3.08 bits per heavy atom. The van der Waals surface area contributed by atoms with Gasteiger partial charge in [0, 0.05) is 41.3 Å². The number of aryl methyl sites for hydroxylation is 2. The normalized spacial score (nSPS) is 18.8. The van der Waals surface area contributed by atoms with Crippen LogP contribution >= 0.6 is 0 Å². The summed E-state index contributed by atoms with van der Waals surface area (Å²) in [7, 11) is 0. The first-order valence-corrected chi connectivity index (χ1v) is 9.46. The van der Waals surface area contributed by atoms with E-state index >= 15 is 0 Å². The van der Waals surface area contributed by atoms with Crippen LogP contribution in [-0.4, -0.2) is 25.8 Å². The van der Waals surface area contributed by atoms with E-state index in [2.05, 4.69) is 40.1 Å². The number of benzene rings is 1. The van der Waals surface area contributed by atoms with Gasteiger partial charge in [-0.05, 0) is 30.9 Å². The molecule has 1 N–H and O–H groups in total. The van der Waals surface area contributed by atoms with Crippen LogP contribution in [0, 0.1) is 0 Å². The van der Waals surface area contributed by atoms with Gasteiger partial charge in [0.15, 0.2) is 0 Å². The van der Waals surface area contributed by atoms with Crippen molar-refractivity contribution in [2.24, 2.45) is 0 Å². The molecule has 26 heavy (non-hydrogen) atoms. The predicted molar refractivity (Wildman–Crippen MR) is 99.6 cm³/mol. The molecule has 0 saturated carbocycles. The zero-order valence-electron chi connectivity index (χ0n) is 15.0. The molecule has 2 aromatic heterocycles. The summed E-state index contributed by atoms with van der Waals surface area (Å²) in [5.41, 5.74) is 5.69. The van der Waals surface area contributed by atoms with E-state index in [1.54, 1.807) is 0 Å². The fourth-order valence-corrected chi connectivity index (χ4v) is 4.40. The molecular formula is C21H22N4O. The SMILES string of the molecule is CCc1ncc2c(n1)CN(C(=O)[C@H]1CCCc3c1[nH]c1ccccc31)C2. The van der Waals surface area contributed by atoms with Crippen molar-refractivity contribution in [2.45, 2.75) is 51.6 Å². The maximum Gasteiger partial charge on any atom is 0.232 e. The quantitative estimate of drug-likeness (QED) is 0.773. The number of amides is 1. The smallest absolute Gasteiger partial charge is 0.232 e. The number of aromatic amines is 1. The highest BCUT2D eigenvalue weighted by Crippen LogP contribution is 2.38. The van der Waals surface area contributed by atoms with Crippen molar-refractivity contribution in [1.82, 2.24) is 19.9 Å². The molecular weight excluding hydrogens is 324 g/mol. The molecule has 5 nitrogen and oxygen atoms in total. The summed E-state index contributed by atoms with van der Waals surface area (Å²) in [6.07, 6.45) is 5.74. The standard InChI is InChI=1S/C21H22N4O/c1-2-19-22-10-13-11-25(12-18(13)23-19)21(26)16-8-5-7-15-14-6-3-4-9-17(14)24-20(15)16/h3-4,6,9-10,16,24H,2,5,7-8,11-12H2,1H3/t16-/m0/s1. The third-order valence-electron chi connectivity index (χ3n) is 5.75. The van der Waals surface area contributed by atoms with Crippen LogP contribution in [0.15, 0.2) is 30.5 Å². The summed E-state index contributed by atoms with van der Waals surface area (Å²) in [4.78, 5) is 27.8. The van der Waals surface area contributed by atoms with Crippen LogP contribution in [-0.2, 0) is 30.7 Å². The van der Waals surface area contributed by atoms with Crippen LogP contribution in [0.5, 0.6) is 0 Å². The topological polar surface area (TPSA) is 61.9 Å². The van der Waals surface area contributed by atoms with Crippen molar-refractivity contribution in [2.75, 3.05) is 0 Å². The molecule has 0 spiro atoms. The Morgan fingerprint density at radius 2 is 2.19 bits per heavy atom. The molecule has 0 saturated heterocycles. The van der Waals surface area contributed by atoms with Gasteiger partial charge in [-0.3, -0.25) is 4.79 Å². The molecule has 1 aliphatic carbocycles. The third kappa shape index (κ3) is 2.34. The van der Waals surface area contributed by atoms with E-state index in [9.17, 15) is 4.79 Å².